The number of amides is 2. The zero-order chi connectivity index (χ0) is 25.1. The number of fused-ring (bicyclic) bond motifs is 2. The largest absolute Gasteiger partial charge is 0.315 e. The van der Waals surface area contributed by atoms with Crippen LogP contribution in [0.1, 0.15) is 63.9 Å². The van der Waals surface area contributed by atoms with E-state index in [0.29, 0.717) is 31.3 Å². The maximum absolute atomic E-state index is 13.2. The Bertz CT molecular complexity index is 1420. The van der Waals surface area contributed by atoms with Crippen LogP contribution in [0.25, 0.3) is 0 Å². The summed E-state index contributed by atoms with van der Waals surface area (Å²) < 4.78 is 0. The van der Waals surface area contributed by atoms with E-state index in [1.165, 1.54) is 0 Å². The molecule has 2 aromatic carbocycles. The molecule has 2 aromatic rings. The molecule has 4 atom stereocenters. The molecule has 4 fully saturated rings. The van der Waals surface area contributed by atoms with Crippen molar-refractivity contribution in [3.63, 3.8) is 0 Å². The maximum atomic E-state index is 13.2. The fraction of sp³-hybridized carbons (Fsp3) is 0.355. The van der Waals surface area contributed by atoms with Gasteiger partial charge in [0.1, 0.15) is 0 Å². The van der Waals surface area contributed by atoms with Crippen LogP contribution in [-0.2, 0) is 20.4 Å². The number of likely N-dealkylation sites (tertiary alicyclic amines) is 2. The van der Waals surface area contributed by atoms with Gasteiger partial charge in [-0.2, -0.15) is 0 Å². The highest BCUT2D eigenvalue weighted by Crippen LogP contribution is 2.67. The number of allylic oxidation sites excluding steroid dienone is 4. The van der Waals surface area contributed by atoms with Crippen LogP contribution < -0.4 is 0 Å². The first-order valence-electron chi connectivity index (χ1n) is 13.3. The van der Waals surface area contributed by atoms with E-state index in [4.69, 9.17) is 0 Å². The van der Waals surface area contributed by atoms with Crippen molar-refractivity contribution in [3.05, 3.63) is 94.3 Å². The van der Waals surface area contributed by atoms with Gasteiger partial charge in [0.05, 0.1) is 0 Å². The lowest BCUT2D eigenvalue weighted by atomic mass is 9.81. The van der Waals surface area contributed by atoms with Crippen LogP contribution in [0.5, 0.6) is 0 Å². The number of hydrogen-bond acceptors (Lipinski definition) is 4. The van der Waals surface area contributed by atoms with Crippen LogP contribution in [0.3, 0.4) is 0 Å². The fourth-order valence-electron chi connectivity index (χ4n) is 7.91. The molecular formula is C31H26N2O4. The maximum Gasteiger partial charge on any atom is 0.226 e. The Morgan fingerprint density at radius 1 is 0.703 bits per heavy atom. The molecule has 4 aliphatic carbocycles. The number of piperidine rings is 2. The number of carbonyl (C=O) groups is 4. The van der Waals surface area contributed by atoms with Crippen LogP contribution in [-0.4, -0.2) is 46.3 Å². The molecule has 0 N–H and O–H groups in total. The third-order valence-corrected chi connectivity index (χ3v) is 9.78. The average molecular weight is 491 g/mol. The summed E-state index contributed by atoms with van der Waals surface area (Å²) in [6.45, 7) is 1.29. The van der Waals surface area contributed by atoms with Gasteiger partial charge in [-0.25, -0.2) is 0 Å². The Balaban J connectivity index is 0.953. The number of benzene rings is 2. The highest BCUT2D eigenvalue weighted by molar-refractivity contribution is 6.10. The van der Waals surface area contributed by atoms with Gasteiger partial charge >= 0.3 is 0 Å². The highest BCUT2D eigenvalue weighted by Gasteiger charge is 2.68. The van der Waals surface area contributed by atoms with E-state index in [1.54, 1.807) is 22.0 Å². The van der Waals surface area contributed by atoms with Crippen molar-refractivity contribution < 1.29 is 19.2 Å². The molecule has 3 unspecified atom stereocenters. The minimum Gasteiger partial charge on any atom is -0.315 e. The molecule has 2 spiro atoms. The normalized spacial score (nSPS) is 31.4. The summed E-state index contributed by atoms with van der Waals surface area (Å²) in [5.41, 5.74) is 4.97. The molecule has 184 valence electrons. The molecule has 2 amide bonds. The summed E-state index contributed by atoms with van der Waals surface area (Å²) in [6.07, 6.45) is 6.30. The molecule has 2 saturated heterocycles. The van der Waals surface area contributed by atoms with Gasteiger partial charge in [0.15, 0.2) is 11.6 Å². The van der Waals surface area contributed by atoms with Crippen LogP contribution in [0.4, 0.5) is 0 Å². The van der Waals surface area contributed by atoms with Crippen molar-refractivity contribution >= 4 is 23.4 Å². The van der Waals surface area contributed by atoms with Gasteiger partial charge in [0.2, 0.25) is 11.8 Å². The van der Waals surface area contributed by atoms with Gasteiger partial charge in [-0.1, -0.05) is 48.5 Å². The van der Waals surface area contributed by atoms with Crippen LogP contribution >= 0.6 is 0 Å². The standard InChI is InChI=1S/C31H26N2O4/c34-24-12-26-30(22-8-3-1-6-20(22)24)14-18(30)16-32(26)28(36)10-5-11-29(37)33-17-19-15-31(19)23-9-4-2-7-21(23)25(35)13-27(31)33/h1-4,6-9,12-13,18-19H,5,10-11,14-17H2/t18-,19?,30?,31?/m1/s1. The highest BCUT2D eigenvalue weighted by atomic mass is 16.2. The zero-order valence-corrected chi connectivity index (χ0v) is 20.4. The Hall–Kier alpha value is -3.80. The van der Waals surface area contributed by atoms with Crippen molar-refractivity contribution in [3.8, 4) is 0 Å². The van der Waals surface area contributed by atoms with Gasteiger partial charge in [-0.05, 0) is 42.2 Å². The average Bonchev–Trinajstić information content (AvgIpc) is 3.76. The van der Waals surface area contributed by atoms with E-state index in [0.717, 1.165) is 46.5 Å². The van der Waals surface area contributed by atoms with Gasteiger partial charge < -0.3 is 9.80 Å². The minimum absolute atomic E-state index is 0.0143. The van der Waals surface area contributed by atoms with E-state index >= 15 is 0 Å². The number of nitrogens with zero attached hydrogens (tertiary/aromatic N) is 2. The van der Waals surface area contributed by atoms with Crippen molar-refractivity contribution in [1.82, 2.24) is 9.80 Å². The quantitative estimate of drug-likeness (QED) is 0.651. The third kappa shape index (κ3) is 2.60. The second-order valence-corrected chi connectivity index (χ2v) is 11.5. The molecule has 37 heavy (non-hydrogen) atoms. The molecule has 2 saturated carbocycles. The summed E-state index contributed by atoms with van der Waals surface area (Å²) in [6, 6.07) is 15.5. The minimum atomic E-state index is -0.183. The smallest absolute Gasteiger partial charge is 0.226 e. The molecule has 6 heteroatoms. The van der Waals surface area contributed by atoms with Crippen molar-refractivity contribution in [1.29, 1.82) is 0 Å². The van der Waals surface area contributed by atoms with E-state index in [9.17, 15) is 19.2 Å². The monoisotopic (exact) mass is 490 g/mol. The molecule has 0 radical (unpaired) electrons. The second-order valence-electron chi connectivity index (χ2n) is 11.5. The van der Waals surface area contributed by atoms with Gasteiger partial charge in [-0.15, -0.1) is 0 Å². The Morgan fingerprint density at radius 3 is 1.59 bits per heavy atom. The summed E-state index contributed by atoms with van der Waals surface area (Å²) in [5, 5.41) is 0. The lowest BCUT2D eigenvalue weighted by Gasteiger charge is -2.30. The SMILES string of the molecule is O=C1C=C2N(C(=O)CCCC(=O)N3C[C@H]4CC45C3=CC(=O)c3ccccc35)CC3CC23c2ccccc21. The van der Waals surface area contributed by atoms with E-state index in [2.05, 4.69) is 0 Å². The number of ketones is 2. The molecular weight excluding hydrogens is 464 g/mol. The van der Waals surface area contributed by atoms with Crippen LogP contribution in [0.15, 0.2) is 72.1 Å². The Kier molecular flexibility index (Phi) is 4.00. The topological polar surface area (TPSA) is 74.8 Å². The predicted octanol–water partition coefficient (Wildman–Crippen LogP) is 3.92. The Morgan fingerprint density at radius 2 is 1.14 bits per heavy atom. The molecule has 6 aliphatic rings. The molecule has 0 aromatic heterocycles. The zero-order valence-electron chi connectivity index (χ0n) is 20.4. The second kappa shape index (κ2) is 6.94. The fourth-order valence-corrected chi connectivity index (χ4v) is 7.91. The molecule has 8 rings (SSSR count). The summed E-state index contributed by atoms with van der Waals surface area (Å²) >= 11 is 0. The van der Waals surface area contributed by atoms with Crippen molar-refractivity contribution in [2.75, 3.05) is 13.1 Å². The third-order valence-electron chi connectivity index (χ3n) is 9.78. The first kappa shape index (κ1) is 21.3. The van der Waals surface area contributed by atoms with Gasteiger partial charge in [0, 0.05) is 71.4 Å². The first-order valence-corrected chi connectivity index (χ1v) is 13.3. The predicted molar refractivity (Wildman–Crippen MR) is 135 cm³/mol. The summed E-state index contributed by atoms with van der Waals surface area (Å²) in [7, 11) is 0. The van der Waals surface area contributed by atoms with E-state index in [-0.39, 0.29) is 47.1 Å². The van der Waals surface area contributed by atoms with E-state index in [1.807, 2.05) is 48.5 Å². The van der Waals surface area contributed by atoms with Crippen molar-refractivity contribution in [2.45, 2.75) is 42.9 Å². The number of rotatable bonds is 4. The summed E-state index contributed by atoms with van der Waals surface area (Å²) in [5.74, 6) is 0.638. The molecule has 0 bridgehead atoms. The number of carbonyl (C=O) groups excluding carboxylic acids is 4. The van der Waals surface area contributed by atoms with Crippen LogP contribution in [0, 0.1) is 11.8 Å². The van der Waals surface area contributed by atoms with E-state index < -0.39 is 0 Å². The lowest BCUT2D eigenvalue weighted by Crippen LogP contribution is -2.35. The molecule has 2 aliphatic heterocycles. The Labute approximate surface area is 214 Å². The lowest BCUT2D eigenvalue weighted by molar-refractivity contribution is -0.130. The summed E-state index contributed by atoms with van der Waals surface area (Å²) in [4.78, 5) is 55.6. The molecule has 6 nitrogen and oxygen atoms in total. The van der Waals surface area contributed by atoms with Gasteiger partial charge in [0.25, 0.3) is 0 Å². The van der Waals surface area contributed by atoms with Gasteiger partial charge in [-0.3, -0.25) is 19.2 Å². The van der Waals surface area contributed by atoms with Crippen molar-refractivity contribution in [2.24, 2.45) is 11.8 Å². The number of hydrogen-bond donors (Lipinski definition) is 0. The molecule has 2 heterocycles. The van der Waals surface area contributed by atoms with Crippen LogP contribution in [0.2, 0.25) is 0 Å². The first-order chi connectivity index (χ1) is 17.9.